The molecule has 1 aromatic heterocycles. The van der Waals surface area contributed by atoms with Gasteiger partial charge in [0.05, 0.1) is 5.69 Å². The van der Waals surface area contributed by atoms with Gasteiger partial charge in [0.2, 0.25) is 6.08 Å². The third-order valence-corrected chi connectivity index (χ3v) is 1.01. The van der Waals surface area contributed by atoms with Crippen molar-refractivity contribution in [3.63, 3.8) is 0 Å². The highest BCUT2D eigenvalue weighted by Crippen LogP contribution is 2.07. The molecule has 0 saturated carbocycles. The molecule has 0 aromatic carbocycles. The molecule has 50 valence electrons. The fraction of sp³-hybridized carbons (Fsp3) is 0.167. The molecule has 1 rings (SSSR count). The summed E-state index contributed by atoms with van der Waals surface area (Å²) >= 11 is 0. The summed E-state index contributed by atoms with van der Waals surface area (Å²) in [6, 6.07) is 0. The van der Waals surface area contributed by atoms with E-state index in [0.29, 0.717) is 11.5 Å². The quantitative estimate of drug-likeness (QED) is 0.421. The molecule has 0 bridgehead atoms. The van der Waals surface area contributed by atoms with Crippen LogP contribution in [0.3, 0.4) is 0 Å². The summed E-state index contributed by atoms with van der Waals surface area (Å²) in [6.45, 7) is 1.73. The summed E-state index contributed by atoms with van der Waals surface area (Å²) in [5.74, 6) is 0.331. The Morgan fingerprint density at radius 3 is 2.80 bits per heavy atom. The summed E-state index contributed by atoms with van der Waals surface area (Å²) in [5, 5.41) is 0. The maximum absolute atomic E-state index is 9.77. The second-order valence-corrected chi connectivity index (χ2v) is 1.67. The lowest BCUT2D eigenvalue weighted by Crippen LogP contribution is -1.82. The van der Waals surface area contributed by atoms with Crippen molar-refractivity contribution in [3.8, 4) is 0 Å². The normalized spacial score (nSPS) is 8.50. The number of nitrogens with zero attached hydrogens (tertiary/aromatic N) is 3. The maximum atomic E-state index is 9.77. The van der Waals surface area contributed by atoms with E-state index < -0.39 is 0 Å². The van der Waals surface area contributed by atoms with E-state index in [1.54, 1.807) is 13.1 Å². The highest BCUT2D eigenvalue weighted by Gasteiger charge is 1.94. The molecule has 0 spiro atoms. The fourth-order valence-electron chi connectivity index (χ4n) is 0.553. The highest BCUT2D eigenvalue weighted by molar-refractivity contribution is 5.45. The third kappa shape index (κ3) is 1.24. The first kappa shape index (κ1) is 6.58. The summed E-state index contributed by atoms with van der Waals surface area (Å²) in [4.78, 5) is 20.7. The van der Waals surface area contributed by atoms with Crippen molar-refractivity contribution in [1.29, 1.82) is 0 Å². The second kappa shape index (κ2) is 2.85. The van der Waals surface area contributed by atoms with Crippen molar-refractivity contribution in [1.82, 2.24) is 9.97 Å². The molecule has 0 atom stereocenters. The van der Waals surface area contributed by atoms with E-state index >= 15 is 0 Å². The first-order valence-electron chi connectivity index (χ1n) is 2.70. The van der Waals surface area contributed by atoms with Crippen molar-refractivity contribution < 1.29 is 4.79 Å². The molecule has 0 unspecified atom stereocenters. The Morgan fingerprint density at radius 1 is 1.50 bits per heavy atom. The van der Waals surface area contributed by atoms with Crippen LogP contribution in [-0.4, -0.2) is 16.0 Å². The Balaban J connectivity index is 3.14. The van der Waals surface area contributed by atoms with Crippen molar-refractivity contribution in [3.05, 3.63) is 18.1 Å². The van der Waals surface area contributed by atoms with Crippen molar-refractivity contribution in [2.75, 3.05) is 0 Å². The molecule has 0 saturated heterocycles. The van der Waals surface area contributed by atoms with Crippen LogP contribution >= 0.6 is 0 Å². The zero-order valence-electron chi connectivity index (χ0n) is 5.40. The Hall–Kier alpha value is -1.54. The van der Waals surface area contributed by atoms with E-state index in [4.69, 9.17) is 0 Å². The topological polar surface area (TPSA) is 55.2 Å². The molecule has 4 nitrogen and oxygen atoms in total. The lowest BCUT2D eigenvalue weighted by molar-refractivity contribution is 0.565. The van der Waals surface area contributed by atoms with Gasteiger partial charge in [0, 0.05) is 12.4 Å². The largest absolute Gasteiger partial charge is 0.256 e. The highest BCUT2D eigenvalue weighted by atomic mass is 16.1. The van der Waals surface area contributed by atoms with Gasteiger partial charge in [-0.05, 0) is 6.92 Å². The van der Waals surface area contributed by atoms with E-state index in [-0.39, 0.29) is 0 Å². The zero-order valence-corrected chi connectivity index (χ0v) is 5.40. The first-order chi connectivity index (χ1) is 4.84. The van der Waals surface area contributed by atoms with Crippen LogP contribution in [0.4, 0.5) is 5.82 Å². The number of isocyanates is 1. The number of carbonyl (C=O) groups excluding carboxylic acids is 1. The Kier molecular flexibility index (Phi) is 1.87. The molecule has 0 aliphatic carbocycles. The van der Waals surface area contributed by atoms with Crippen LogP contribution in [0.25, 0.3) is 0 Å². The van der Waals surface area contributed by atoms with Crippen molar-refractivity contribution in [2.24, 2.45) is 4.99 Å². The van der Waals surface area contributed by atoms with E-state index in [0.717, 1.165) is 0 Å². The minimum atomic E-state index is 0.331. The monoisotopic (exact) mass is 135 g/mol. The van der Waals surface area contributed by atoms with Gasteiger partial charge in [-0.1, -0.05) is 0 Å². The van der Waals surface area contributed by atoms with Crippen LogP contribution in [0.1, 0.15) is 5.69 Å². The number of hydrogen-bond acceptors (Lipinski definition) is 4. The van der Waals surface area contributed by atoms with Gasteiger partial charge in [0.1, 0.15) is 0 Å². The average Bonchev–Trinajstić information content (AvgIpc) is 1.94. The van der Waals surface area contributed by atoms with Gasteiger partial charge in [-0.2, -0.15) is 0 Å². The summed E-state index contributed by atoms with van der Waals surface area (Å²) < 4.78 is 0. The molecule has 0 N–H and O–H groups in total. The molecule has 4 heteroatoms. The van der Waals surface area contributed by atoms with E-state index in [9.17, 15) is 4.79 Å². The Bertz CT molecular complexity index is 278. The van der Waals surface area contributed by atoms with Crippen LogP contribution < -0.4 is 0 Å². The Labute approximate surface area is 57.7 Å². The van der Waals surface area contributed by atoms with Crippen LogP contribution in [0.2, 0.25) is 0 Å². The molecule has 10 heavy (non-hydrogen) atoms. The zero-order chi connectivity index (χ0) is 7.40. The first-order valence-corrected chi connectivity index (χ1v) is 2.70. The van der Waals surface area contributed by atoms with Crippen LogP contribution in [0.15, 0.2) is 17.4 Å². The molecular weight excluding hydrogens is 130 g/mol. The smallest absolute Gasteiger partial charge is 0.242 e. The average molecular weight is 135 g/mol. The molecule has 0 aliphatic heterocycles. The van der Waals surface area contributed by atoms with E-state index in [1.165, 1.54) is 12.3 Å². The van der Waals surface area contributed by atoms with Gasteiger partial charge >= 0.3 is 0 Å². The SMILES string of the molecule is Cc1nccnc1N=C=O. The predicted molar refractivity (Wildman–Crippen MR) is 34.6 cm³/mol. The molecule has 0 radical (unpaired) electrons. The predicted octanol–water partition coefficient (Wildman–Crippen LogP) is 0.752. The number of aromatic nitrogens is 2. The van der Waals surface area contributed by atoms with Crippen molar-refractivity contribution >= 4 is 11.9 Å². The molecule has 1 heterocycles. The van der Waals surface area contributed by atoms with Gasteiger partial charge < -0.3 is 0 Å². The van der Waals surface area contributed by atoms with Crippen LogP contribution in [0.5, 0.6) is 0 Å². The standard InChI is InChI=1S/C6H5N3O/c1-5-6(9-4-10)8-3-2-7-5/h2-3H,1H3. The summed E-state index contributed by atoms with van der Waals surface area (Å²) in [5.41, 5.74) is 0.630. The van der Waals surface area contributed by atoms with Gasteiger partial charge in [-0.15, -0.1) is 4.99 Å². The summed E-state index contributed by atoms with van der Waals surface area (Å²) in [6.07, 6.45) is 4.41. The van der Waals surface area contributed by atoms with Crippen LogP contribution in [0, 0.1) is 6.92 Å². The number of hydrogen-bond donors (Lipinski definition) is 0. The van der Waals surface area contributed by atoms with Crippen LogP contribution in [-0.2, 0) is 4.79 Å². The minimum Gasteiger partial charge on any atom is -0.256 e. The second-order valence-electron chi connectivity index (χ2n) is 1.67. The van der Waals surface area contributed by atoms with Gasteiger partial charge in [0.15, 0.2) is 5.82 Å². The minimum absolute atomic E-state index is 0.331. The summed E-state index contributed by atoms with van der Waals surface area (Å²) in [7, 11) is 0. The Morgan fingerprint density at radius 2 is 2.20 bits per heavy atom. The lowest BCUT2D eigenvalue weighted by Gasteiger charge is -1.90. The fourth-order valence-corrected chi connectivity index (χ4v) is 0.553. The molecule has 0 fully saturated rings. The number of aryl methyl sites for hydroxylation is 1. The molecule has 1 aromatic rings. The number of rotatable bonds is 1. The van der Waals surface area contributed by atoms with E-state index in [1.807, 2.05) is 0 Å². The van der Waals surface area contributed by atoms with Gasteiger partial charge in [-0.25, -0.2) is 9.78 Å². The maximum Gasteiger partial charge on any atom is 0.242 e. The van der Waals surface area contributed by atoms with Crippen molar-refractivity contribution in [2.45, 2.75) is 6.92 Å². The number of aliphatic imine (C=N–C) groups is 1. The van der Waals surface area contributed by atoms with E-state index in [2.05, 4.69) is 15.0 Å². The molecule has 0 amide bonds. The third-order valence-electron chi connectivity index (χ3n) is 1.01. The van der Waals surface area contributed by atoms with Gasteiger partial charge in [0.25, 0.3) is 0 Å². The molecule has 0 aliphatic rings. The molecular formula is C6H5N3O. The lowest BCUT2D eigenvalue weighted by atomic mass is 10.5. The van der Waals surface area contributed by atoms with Gasteiger partial charge in [-0.3, -0.25) is 4.98 Å².